The second-order valence-corrected chi connectivity index (χ2v) is 10.8. The van der Waals surface area contributed by atoms with Crippen molar-refractivity contribution in [3.63, 3.8) is 0 Å². The van der Waals surface area contributed by atoms with Crippen molar-refractivity contribution in [3.8, 4) is 0 Å². The van der Waals surface area contributed by atoms with Crippen LogP contribution in [-0.2, 0) is 19.1 Å². The summed E-state index contributed by atoms with van der Waals surface area (Å²) in [6.07, 6.45) is 2.74. The zero-order valence-corrected chi connectivity index (χ0v) is 19.9. The summed E-state index contributed by atoms with van der Waals surface area (Å²) in [6, 6.07) is -0.594. The molecule has 1 atom stereocenters. The monoisotopic (exact) mass is 516 g/mol. The van der Waals surface area contributed by atoms with Crippen LogP contribution in [0.1, 0.15) is 45.4 Å². The Labute approximate surface area is 194 Å². The van der Waals surface area contributed by atoms with E-state index in [1.165, 1.54) is 13.2 Å². The smallest absolute Gasteiger partial charge is 0.257 e. The molecular formula is C16H22Cl6N2O4. The number of methoxy groups -OCH3 is 1. The van der Waals surface area contributed by atoms with Crippen molar-refractivity contribution in [2.75, 3.05) is 7.11 Å². The Morgan fingerprint density at radius 3 is 2.04 bits per heavy atom. The van der Waals surface area contributed by atoms with Gasteiger partial charge in [-0.3, -0.25) is 19.3 Å². The molecule has 12 heteroatoms. The number of ether oxygens (including phenoxy) is 1. The minimum Gasteiger partial charge on any atom is -0.499 e. The largest absolute Gasteiger partial charge is 0.499 e. The zero-order valence-electron chi connectivity index (χ0n) is 15.3. The summed E-state index contributed by atoms with van der Waals surface area (Å²) < 4.78 is 2.24. The molecule has 1 aliphatic rings. The number of nitrogens with zero attached hydrogens (tertiary/aromatic N) is 1. The topological polar surface area (TPSA) is 89.7 Å². The molecule has 1 rings (SSSR count). The molecule has 0 aromatic carbocycles. The summed E-state index contributed by atoms with van der Waals surface area (Å²) in [5.41, 5.74) is 4.65. The van der Waals surface area contributed by atoms with Gasteiger partial charge in [0.15, 0.2) is 7.59 Å². The molecule has 0 fully saturated rings. The SMILES string of the molecule is CCC(N)=O.COC1=CC(=O)N(C(=O)CCCC(Cl)(Cl)Cl)[C@H]1CCC(Cl)(Cl)Cl. The predicted molar refractivity (Wildman–Crippen MR) is 114 cm³/mol. The van der Waals surface area contributed by atoms with Crippen LogP contribution >= 0.6 is 69.6 Å². The average Bonchev–Trinajstić information content (AvgIpc) is 2.87. The van der Waals surface area contributed by atoms with Gasteiger partial charge >= 0.3 is 0 Å². The van der Waals surface area contributed by atoms with Crippen LogP contribution in [0.5, 0.6) is 0 Å². The molecule has 0 spiro atoms. The van der Waals surface area contributed by atoms with Crippen molar-refractivity contribution in [1.29, 1.82) is 0 Å². The fourth-order valence-electron chi connectivity index (χ4n) is 2.19. The first kappa shape index (κ1) is 27.9. The van der Waals surface area contributed by atoms with Gasteiger partial charge < -0.3 is 10.5 Å². The number of alkyl halides is 6. The maximum Gasteiger partial charge on any atom is 0.257 e. The number of amides is 3. The van der Waals surface area contributed by atoms with E-state index < -0.39 is 19.5 Å². The van der Waals surface area contributed by atoms with Gasteiger partial charge in [0.25, 0.3) is 5.91 Å². The third-order valence-corrected chi connectivity index (χ3v) is 4.68. The van der Waals surface area contributed by atoms with Gasteiger partial charge in [-0.1, -0.05) is 76.5 Å². The number of nitrogens with two attached hydrogens (primary N) is 1. The highest BCUT2D eigenvalue weighted by molar-refractivity contribution is 6.67. The predicted octanol–water partition coefficient (Wildman–Crippen LogP) is 4.83. The average molecular weight is 519 g/mol. The van der Waals surface area contributed by atoms with Gasteiger partial charge in [-0.15, -0.1) is 0 Å². The Morgan fingerprint density at radius 2 is 1.64 bits per heavy atom. The second-order valence-electron chi connectivity index (χ2n) is 5.81. The maximum atomic E-state index is 12.3. The van der Waals surface area contributed by atoms with E-state index in [9.17, 15) is 14.4 Å². The van der Waals surface area contributed by atoms with Crippen molar-refractivity contribution >= 4 is 87.3 Å². The fraction of sp³-hybridized carbons (Fsp3) is 0.688. The molecular weight excluding hydrogens is 497 g/mol. The number of imide groups is 1. The lowest BCUT2D eigenvalue weighted by molar-refractivity contribution is -0.143. The normalized spacial score (nSPS) is 17.0. The third kappa shape index (κ3) is 11.8. The van der Waals surface area contributed by atoms with Gasteiger partial charge in [0, 0.05) is 18.9 Å². The van der Waals surface area contributed by atoms with E-state index in [0.29, 0.717) is 18.6 Å². The lowest BCUT2D eigenvalue weighted by Gasteiger charge is -2.26. The lowest BCUT2D eigenvalue weighted by Crippen LogP contribution is -2.41. The minimum absolute atomic E-state index is 0.0642. The number of rotatable bonds is 7. The van der Waals surface area contributed by atoms with Crippen molar-refractivity contribution in [3.05, 3.63) is 11.8 Å². The molecule has 0 aromatic rings. The number of primary amides is 1. The Morgan fingerprint density at radius 1 is 1.14 bits per heavy atom. The number of carbonyl (C=O) groups excluding carboxylic acids is 3. The first-order valence-electron chi connectivity index (χ1n) is 8.25. The van der Waals surface area contributed by atoms with Gasteiger partial charge in [-0.2, -0.15) is 0 Å². The van der Waals surface area contributed by atoms with E-state index in [-0.39, 0.29) is 37.5 Å². The zero-order chi connectivity index (χ0) is 22.1. The second kappa shape index (κ2) is 12.6. The molecule has 0 saturated carbocycles. The molecule has 0 aromatic heterocycles. The van der Waals surface area contributed by atoms with Crippen LogP contribution < -0.4 is 5.73 Å². The molecule has 0 unspecified atom stereocenters. The van der Waals surface area contributed by atoms with Crippen LogP contribution in [0.2, 0.25) is 0 Å². The van der Waals surface area contributed by atoms with Gasteiger partial charge in [0.05, 0.1) is 13.2 Å². The first-order chi connectivity index (χ1) is 12.7. The van der Waals surface area contributed by atoms with Crippen LogP contribution in [0.25, 0.3) is 0 Å². The highest BCUT2D eigenvalue weighted by Crippen LogP contribution is 2.36. The number of halogens is 6. The van der Waals surface area contributed by atoms with E-state index in [1.54, 1.807) is 6.92 Å². The quantitative estimate of drug-likeness (QED) is 0.489. The van der Waals surface area contributed by atoms with Crippen LogP contribution in [-0.4, -0.2) is 43.4 Å². The van der Waals surface area contributed by atoms with Crippen LogP contribution in [0, 0.1) is 0 Å². The highest BCUT2D eigenvalue weighted by atomic mass is 35.6. The van der Waals surface area contributed by atoms with E-state index >= 15 is 0 Å². The minimum atomic E-state index is -1.48. The highest BCUT2D eigenvalue weighted by Gasteiger charge is 2.39. The molecule has 0 saturated heterocycles. The Hall–Kier alpha value is -0.110. The van der Waals surface area contributed by atoms with E-state index in [4.69, 9.17) is 74.3 Å². The summed E-state index contributed by atoms with van der Waals surface area (Å²) in [5, 5.41) is 0. The Balaban J connectivity index is 0.00000129. The molecule has 6 nitrogen and oxygen atoms in total. The molecule has 0 bridgehead atoms. The molecule has 28 heavy (non-hydrogen) atoms. The summed E-state index contributed by atoms with van der Waals surface area (Å²) in [5.74, 6) is -0.735. The molecule has 0 aliphatic carbocycles. The molecule has 1 aliphatic heterocycles. The van der Waals surface area contributed by atoms with Crippen LogP contribution in [0.4, 0.5) is 0 Å². The standard InChI is InChI=1S/C13H15Cl6NO3.C3H7NO/c1-23-9-7-11(22)20(8(9)4-6-13(17,18)19)10(21)3-2-5-12(14,15)16;1-2-3(4)5/h7-8H,2-6H2,1H3;2H2,1H3,(H2,4,5)/t8-;/m0./s1. The Bertz CT molecular complexity index is 587. The van der Waals surface area contributed by atoms with Crippen molar-refractivity contribution in [2.24, 2.45) is 5.73 Å². The summed E-state index contributed by atoms with van der Waals surface area (Å²) in [6.45, 7) is 1.72. The van der Waals surface area contributed by atoms with E-state index in [0.717, 1.165) is 4.90 Å². The number of carbonyl (C=O) groups is 3. The van der Waals surface area contributed by atoms with Gasteiger partial charge in [-0.05, 0) is 25.7 Å². The van der Waals surface area contributed by atoms with Gasteiger partial charge in [0.2, 0.25) is 11.8 Å². The van der Waals surface area contributed by atoms with Crippen molar-refractivity contribution in [2.45, 2.75) is 59.1 Å². The summed E-state index contributed by atoms with van der Waals surface area (Å²) >= 11 is 34.1. The van der Waals surface area contributed by atoms with Crippen LogP contribution in [0.15, 0.2) is 11.8 Å². The molecule has 3 amide bonds. The lowest BCUT2D eigenvalue weighted by atomic mass is 10.1. The molecule has 1 heterocycles. The fourth-order valence-corrected chi connectivity index (χ4v) is 2.92. The van der Waals surface area contributed by atoms with Crippen LogP contribution in [0.3, 0.4) is 0 Å². The molecule has 0 radical (unpaired) electrons. The third-order valence-electron chi connectivity index (χ3n) is 3.55. The summed E-state index contributed by atoms with van der Waals surface area (Å²) in [4.78, 5) is 35.1. The van der Waals surface area contributed by atoms with Gasteiger partial charge in [-0.25, -0.2) is 0 Å². The first-order valence-corrected chi connectivity index (χ1v) is 10.5. The Kier molecular flexibility index (Phi) is 12.5. The van der Waals surface area contributed by atoms with E-state index in [1.807, 2.05) is 0 Å². The van der Waals surface area contributed by atoms with Crippen molar-refractivity contribution in [1.82, 2.24) is 4.90 Å². The van der Waals surface area contributed by atoms with Gasteiger partial charge in [0.1, 0.15) is 5.76 Å². The summed E-state index contributed by atoms with van der Waals surface area (Å²) in [7, 11) is 1.41. The van der Waals surface area contributed by atoms with Crippen molar-refractivity contribution < 1.29 is 19.1 Å². The molecule has 2 N–H and O–H groups in total. The number of hydrogen-bond donors (Lipinski definition) is 1. The van der Waals surface area contributed by atoms with E-state index in [2.05, 4.69) is 5.73 Å². The molecule has 162 valence electrons. The maximum absolute atomic E-state index is 12.3. The number of hydrogen-bond acceptors (Lipinski definition) is 4.